The molecule has 1 aliphatic rings. The SMILES string of the molecule is CN=C(NCc1nc(C(C)(C)C)cs1)NC1CCN(CC(C)C)CC1. The molecular weight excluding hydrogens is 330 g/mol. The maximum absolute atomic E-state index is 4.74. The maximum atomic E-state index is 4.74. The lowest BCUT2D eigenvalue weighted by molar-refractivity contribution is 0.187. The third kappa shape index (κ3) is 6.59. The summed E-state index contributed by atoms with van der Waals surface area (Å²) in [6.45, 7) is 15.5. The molecule has 0 radical (unpaired) electrons. The van der Waals surface area contributed by atoms with Crippen molar-refractivity contribution in [1.82, 2.24) is 20.5 Å². The first kappa shape index (κ1) is 20.2. The van der Waals surface area contributed by atoms with Gasteiger partial charge < -0.3 is 15.5 Å². The highest BCUT2D eigenvalue weighted by Gasteiger charge is 2.21. The van der Waals surface area contributed by atoms with Crippen LogP contribution < -0.4 is 10.6 Å². The molecule has 25 heavy (non-hydrogen) atoms. The van der Waals surface area contributed by atoms with Crippen LogP contribution in [0.25, 0.3) is 0 Å². The number of aromatic nitrogens is 1. The molecule has 0 unspecified atom stereocenters. The van der Waals surface area contributed by atoms with Gasteiger partial charge in [0.15, 0.2) is 5.96 Å². The molecule has 2 heterocycles. The fourth-order valence-corrected chi connectivity index (χ4v) is 4.02. The summed E-state index contributed by atoms with van der Waals surface area (Å²) in [6.07, 6.45) is 2.36. The van der Waals surface area contributed by atoms with Gasteiger partial charge in [0, 0.05) is 43.5 Å². The van der Waals surface area contributed by atoms with Gasteiger partial charge in [-0.3, -0.25) is 4.99 Å². The van der Waals surface area contributed by atoms with Crippen LogP contribution in [-0.2, 0) is 12.0 Å². The minimum absolute atomic E-state index is 0.110. The highest BCUT2D eigenvalue weighted by atomic mass is 32.1. The fraction of sp³-hybridized carbons (Fsp3) is 0.789. The highest BCUT2D eigenvalue weighted by Crippen LogP contribution is 2.23. The highest BCUT2D eigenvalue weighted by molar-refractivity contribution is 7.09. The second-order valence-corrected chi connectivity index (χ2v) is 9.36. The summed E-state index contributed by atoms with van der Waals surface area (Å²) in [6, 6.07) is 0.510. The van der Waals surface area contributed by atoms with Gasteiger partial charge in [-0.25, -0.2) is 4.98 Å². The molecule has 1 aromatic heterocycles. The molecule has 1 saturated heterocycles. The van der Waals surface area contributed by atoms with E-state index in [4.69, 9.17) is 4.98 Å². The Bertz CT molecular complexity index is 550. The molecule has 0 aliphatic carbocycles. The lowest BCUT2D eigenvalue weighted by atomic mass is 9.93. The third-order valence-corrected chi connectivity index (χ3v) is 5.35. The molecule has 1 fully saturated rings. The van der Waals surface area contributed by atoms with Crippen LogP contribution in [0.15, 0.2) is 10.4 Å². The number of guanidine groups is 1. The molecule has 1 aliphatic heterocycles. The van der Waals surface area contributed by atoms with Crippen molar-refractivity contribution in [2.45, 2.75) is 65.5 Å². The van der Waals surface area contributed by atoms with E-state index in [2.05, 4.69) is 60.5 Å². The van der Waals surface area contributed by atoms with Gasteiger partial charge in [0.1, 0.15) is 5.01 Å². The summed E-state index contributed by atoms with van der Waals surface area (Å²) in [7, 11) is 1.84. The minimum atomic E-state index is 0.110. The van der Waals surface area contributed by atoms with Crippen molar-refractivity contribution < 1.29 is 0 Å². The number of thiazole rings is 1. The summed E-state index contributed by atoms with van der Waals surface area (Å²) in [4.78, 5) is 11.7. The number of hydrogen-bond acceptors (Lipinski definition) is 4. The van der Waals surface area contributed by atoms with Gasteiger partial charge in [-0.15, -0.1) is 11.3 Å². The molecule has 6 heteroatoms. The van der Waals surface area contributed by atoms with E-state index >= 15 is 0 Å². The topological polar surface area (TPSA) is 52.6 Å². The van der Waals surface area contributed by atoms with Gasteiger partial charge in [0.25, 0.3) is 0 Å². The van der Waals surface area contributed by atoms with Crippen LogP contribution in [0, 0.1) is 5.92 Å². The number of likely N-dealkylation sites (tertiary alicyclic amines) is 1. The van der Waals surface area contributed by atoms with Gasteiger partial charge in [-0.1, -0.05) is 34.6 Å². The van der Waals surface area contributed by atoms with E-state index < -0.39 is 0 Å². The van der Waals surface area contributed by atoms with Crippen LogP contribution in [0.3, 0.4) is 0 Å². The zero-order valence-electron chi connectivity index (χ0n) is 16.7. The summed E-state index contributed by atoms with van der Waals surface area (Å²) in [5.41, 5.74) is 1.27. The van der Waals surface area contributed by atoms with E-state index in [1.807, 2.05) is 7.05 Å². The molecule has 2 N–H and O–H groups in total. The molecule has 142 valence electrons. The van der Waals surface area contributed by atoms with Crippen LogP contribution in [0.1, 0.15) is 58.2 Å². The average Bonchev–Trinajstić information content (AvgIpc) is 3.02. The molecule has 0 bridgehead atoms. The minimum Gasteiger partial charge on any atom is -0.354 e. The van der Waals surface area contributed by atoms with E-state index in [9.17, 15) is 0 Å². The molecule has 2 rings (SSSR count). The lowest BCUT2D eigenvalue weighted by Crippen LogP contribution is -2.48. The first-order valence-corrected chi connectivity index (χ1v) is 10.3. The van der Waals surface area contributed by atoms with Gasteiger partial charge in [0.2, 0.25) is 0 Å². The van der Waals surface area contributed by atoms with Gasteiger partial charge in [-0.2, -0.15) is 0 Å². The smallest absolute Gasteiger partial charge is 0.191 e. The number of rotatable bonds is 5. The van der Waals surface area contributed by atoms with Gasteiger partial charge in [-0.05, 0) is 18.8 Å². The average molecular weight is 366 g/mol. The fourth-order valence-electron chi connectivity index (χ4n) is 3.06. The molecule has 0 spiro atoms. The standard InChI is InChI=1S/C19H35N5S/c1-14(2)12-24-9-7-15(8-10-24)22-18(20-6)21-11-17-23-16(13-25-17)19(3,4)5/h13-15H,7-12H2,1-6H3,(H2,20,21,22). The number of aliphatic imine (C=N–C) groups is 1. The Kier molecular flexibility index (Phi) is 7.25. The van der Waals surface area contributed by atoms with Crippen LogP contribution >= 0.6 is 11.3 Å². The van der Waals surface area contributed by atoms with Crippen LogP contribution in [0.5, 0.6) is 0 Å². The zero-order valence-corrected chi connectivity index (χ0v) is 17.5. The number of piperidine rings is 1. The van der Waals surface area contributed by atoms with Crippen molar-refractivity contribution in [3.63, 3.8) is 0 Å². The van der Waals surface area contributed by atoms with Crippen LogP contribution in [0.4, 0.5) is 0 Å². The van der Waals surface area contributed by atoms with E-state index in [1.54, 1.807) is 11.3 Å². The van der Waals surface area contributed by atoms with Crippen LogP contribution in [0.2, 0.25) is 0 Å². The molecule has 5 nitrogen and oxygen atoms in total. The van der Waals surface area contributed by atoms with E-state index in [0.29, 0.717) is 6.04 Å². The second-order valence-electron chi connectivity index (χ2n) is 8.42. The lowest BCUT2D eigenvalue weighted by Gasteiger charge is -2.33. The Morgan fingerprint density at radius 2 is 2.04 bits per heavy atom. The third-order valence-electron chi connectivity index (χ3n) is 4.50. The predicted molar refractivity (Wildman–Crippen MR) is 108 cm³/mol. The van der Waals surface area contributed by atoms with Crippen LogP contribution in [-0.4, -0.2) is 48.6 Å². The van der Waals surface area contributed by atoms with Crippen molar-refractivity contribution in [2.75, 3.05) is 26.7 Å². The van der Waals surface area contributed by atoms with Crippen molar-refractivity contribution in [3.05, 3.63) is 16.1 Å². The monoisotopic (exact) mass is 365 g/mol. The zero-order chi connectivity index (χ0) is 18.4. The Morgan fingerprint density at radius 3 is 2.56 bits per heavy atom. The van der Waals surface area contributed by atoms with E-state index in [0.717, 1.165) is 29.1 Å². The first-order chi connectivity index (χ1) is 11.8. The predicted octanol–water partition coefficient (Wildman–Crippen LogP) is 3.23. The summed E-state index contributed by atoms with van der Waals surface area (Å²) < 4.78 is 0. The number of hydrogen-bond donors (Lipinski definition) is 2. The Hall–Kier alpha value is -1.14. The van der Waals surface area contributed by atoms with Gasteiger partial charge >= 0.3 is 0 Å². The Balaban J connectivity index is 1.77. The number of nitrogens with one attached hydrogen (secondary N) is 2. The normalized spacial score (nSPS) is 18.0. The molecule has 0 saturated carbocycles. The summed E-state index contributed by atoms with van der Waals surface area (Å²) >= 11 is 1.72. The van der Waals surface area contributed by atoms with Crippen molar-refractivity contribution in [1.29, 1.82) is 0 Å². The van der Waals surface area contributed by atoms with E-state index in [-0.39, 0.29) is 5.41 Å². The quantitative estimate of drug-likeness (QED) is 0.621. The van der Waals surface area contributed by atoms with Crippen molar-refractivity contribution >= 4 is 17.3 Å². The van der Waals surface area contributed by atoms with Gasteiger partial charge in [0.05, 0.1) is 12.2 Å². The largest absolute Gasteiger partial charge is 0.354 e. The van der Waals surface area contributed by atoms with E-state index in [1.165, 1.54) is 32.5 Å². The first-order valence-electron chi connectivity index (χ1n) is 9.42. The second kappa shape index (κ2) is 8.99. The Labute approximate surface area is 157 Å². The maximum Gasteiger partial charge on any atom is 0.191 e. The molecule has 0 atom stereocenters. The summed E-state index contributed by atoms with van der Waals surface area (Å²) in [5, 5.41) is 10.3. The Morgan fingerprint density at radius 1 is 1.36 bits per heavy atom. The molecule has 1 aromatic rings. The molecular formula is C19H35N5S. The molecule has 0 aromatic carbocycles. The summed E-state index contributed by atoms with van der Waals surface area (Å²) in [5.74, 6) is 1.63. The molecule has 0 amide bonds. The van der Waals surface area contributed by atoms with Crippen molar-refractivity contribution in [3.8, 4) is 0 Å². The number of nitrogens with zero attached hydrogens (tertiary/aromatic N) is 3. The van der Waals surface area contributed by atoms with Crippen molar-refractivity contribution in [2.24, 2.45) is 10.9 Å².